The largest absolute Gasteiger partial charge is 0.314 e. The third kappa shape index (κ3) is 3.58. The molecule has 0 spiro atoms. The minimum Gasteiger partial charge on any atom is -0.314 e. The predicted octanol–water partition coefficient (Wildman–Crippen LogP) is 4.18. The molecule has 1 nitrogen and oxygen atoms in total. The Morgan fingerprint density at radius 3 is 2.50 bits per heavy atom. The molecule has 1 aliphatic rings. The zero-order chi connectivity index (χ0) is 12.8. The van der Waals surface area contributed by atoms with Gasteiger partial charge in [-0.1, -0.05) is 43.7 Å². The van der Waals surface area contributed by atoms with Crippen LogP contribution < -0.4 is 5.32 Å². The first-order chi connectivity index (χ1) is 8.74. The average molecular weight is 245 g/mol. The number of hydrogen-bond acceptors (Lipinski definition) is 1. The number of aryl methyl sites for hydroxylation is 1. The summed E-state index contributed by atoms with van der Waals surface area (Å²) in [6.45, 7) is 5.89. The lowest BCUT2D eigenvalue weighted by molar-refractivity contribution is 0.119. The third-order valence-electron chi connectivity index (χ3n) is 4.70. The van der Waals surface area contributed by atoms with Crippen molar-refractivity contribution in [1.29, 1.82) is 0 Å². The van der Waals surface area contributed by atoms with E-state index < -0.39 is 0 Å². The molecule has 0 aromatic heterocycles. The molecule has 1 unspecified atom stereocenters. The van der Waals surface area contributed by atoms with Gasteiger partial charge in [-0.05, 0) is 50.0 Å². The molecule has 2 rings (SSSR count). The van der Waals surface area contributed by atoms with Crippen LogP contribution in [0.15, 0.2) is 30.3 Å². The Morgan fingerprint density at radius 2 is 1.94 bits per heavy atom. The zero-order valence-corrected chi connectivity index (χ0v) is 11.9. The maximum Gasteiger partial charge on any atom is 0.00421 e. The number of benzene rings is 1. The molecule has 0 heterocycles. The second-order valence-electron chi connectivity index (χ2n) is 6.01. The van der Waals surface area contributed by atoms with Gasteiger partial charge in [-0.25, -0.2) is 0 Å². The first-order valence-corrected chi connectivity index (χ1v) is 7.51. The monoisotopic (exact) mass is 245 g/mol. The van der Waals surface area contributed by atoms with Gasteiger partial charge in [0.25, 0.3) is 0 Å². The minimum atomic E-state index is 0.634. The summed E-state index contributed by atoms with van der Waals surface area (Å²) in [6.07, 6.45) is 8.07. The summed E-state index contributed by atoms with van der Waals surface area (Å²) in [6, 6.07) is 11.4. The molecule has 0 amide bonds. The van der Waals surface area contributed by atoms with Gasteiger partial charge in [0.1, 0.15) is 0 Å². The van der Waals surface area contributed by atoms with Gasteiger partial charge in [0, 0.05) is 12.6 Å². The van der Waals surface area contributed by atoms with Gasteiger partial charge >= 0.3 is 0 Å². The molecule has 1 atom stereocenters. The zero-order valence-electron chi connectivity index (χ0n) is 11.9. The summed E-state index contributed by atoms with van der Waals surface area (Å²) in [5.74, 6) is 0. The van der Waals surface area contributed by atoms with Crippen LogP contribution in [-0.2, 0) is 6.42 Å². The van der Waals surface area contributed by atoms with Gasteiger partial charge in [-0.15, -0.1) is 0 Å². The second kappa shape index (κ2) is 6.38. The van der Waals surface area contributed by atoms with Crippen LogP contribution in [0.25, 0.3) is 0 Å². The summed E-state index contributed by atoms with van der Waals surface area (Å²) >= 11 is 0. The molecule has 18 heavy (non-hydrogen) atoms. The Hall–Kier alpha value is -0.820. The van der Waals surface area contributed by atoms with E-state index in [1.807, 2.05) is 0 Å². The van der Waals surface area contributed by atoms with Crippen LogP contribution in [0.2, 0.25) is 0 Å². The van der Waals surface area contributed by atoms with E-state index in [1.54, 1.807) is 0 Å². The fourth-order valence-corrected chi connectivity index (χ4v) is 2.85. The van der Waals surface area contributed by atoms with Crippen molar-refractivity contribution in [2.75, 3.05) is 6.54 Å². The van der Waals surface area contributed by atoms with Crippen molar-refractivity contribution in [3.63, 3.8) is 0 Å². The molecule has 0 saturated heterocycles. The van der Waals surface area contributed by atoms with Gasteiger partial charge in [0.05, 0.1) is 0 Å². The summed E-state index contributed by atoms with van der Waals surface area (Å²) < 4.78 is 0. The van der Waals surface area contributed by atoms with Crippen molar-refractivity contribution < 1.29 is 0 Å². The molecule has 1 heteroatoms. The standard InChI is InChI=1S/C17H27N/c1-3-17(12-7-13-17)14-18-15(2)10-11-16-8-5-4-6-9-16/h4-6,8-9,15,18H,3,7,10-14H2,1-2H3. The van der Waals surface area contributed by atoms with E-state index in [9.17, 15) is 0 Å². The molecule has 1 aliphatic carbocycles. The van der Waals surface area contributed by atoms with E-state index >= 15 is 0 Å². The Morgan fingerprint density at radius 1 is 1.22 bits per heavy atom. The van der Waals surface area contributed by atoms with E-state index in [0.717, 1.165) is 0 Å². The van der Waals surface area contributed by atoms with Crippen LogP contribution in [0.4, 0.5) is 0 Å². The quantitative estimate of drug-likeness (QED) is 0.760. The van der Waals surface area contributed by atoms with Crippen molar-refractivity contribution in [2.24, 2.45) is 5.41 Å². The molecule has 1 fully saturated rings. The predicted molar refractivity (Wildman–Crippen MR) is 78.8 cm³/mol. The highest BCUT2D eigenvalue weighted by atomic mass is 14.9. The van der Waals surface area contributed by atoms with Gasteiger partial charge in [0.15, 0.2) is 0 Å². The molecule has 100 valence electrons. The molecule has 1 aromatic rings. The van der Waals surface area contributed by atoms with Crippen molar-refractivity contribution in [3.8, 4) is 0 Å². The number of rotatable bonds is 7. The Labute approximate surface area is 112 Å². The maximum atomic E-state index is 3.75. The lowest BCUT2D eigenvalue weighted by atomic mass is 9.67. The highest BCUT2D eigenvalue weighted by molar-refractivity contribution is 5.14. The Balaban J connectivity index is 1.67. The Kier molecular flexibility index (Phi) is 4.82. The van der Waals surface area contributed by atoms with Gasteiger partial charge in [-0.2, -0.15) is 0 Å². The summed E-state index contributed by atoms with van der Waals surface area (Å²) in [4.78, 5) is 0. The van der Waals surface area contributed by atoms with Gasteiger partial charge in [0.2, 0.25) is 0 Å². The molecule has 1 N–H and O–H groups in total. The van der Waals surface area contributed by atoms with Crippen molar-refractivity contribution >= 4 is 0 Å². The first-order valence-electron chi connectivity index (χ1n) is 7.51. The molecule has 0 aliphatic heterocycles. The van der Waals surface area contributed by atoms with Crippen LogP contribution >= 0.6 is 0 Å². The van der Waals surface area contributed by atoms with E-state index in [4.69, 9.17) is 0 Å². The molecule has 0 bridgehead atoms. The fraction of sp³-hybridized carbons (Fsp3) is 0.647. The van der Waals surface area contributed by atoms with E-state index in [-0.39, 0.29) is 0 Å². The topological polar surface area (TPSA) is 12.0 Å². The molecular weight excluding hydrogens is 218 g/mol. The van der Waals surface area contributed by atoms with Crippen LogP contribution in [-0.4, -0.2) is 12.6 Å². The minimum absolute atomic E-state index is 0.634. The Bertz CT molecular complexity index is 334. The number of hydrogen-bond donors (Lipinski definition) is 1. The summed E-state index contributed by atoms with van der Waals surface area (Å²) in [7, 11) is 0. The van der Waals surface area contributed by atoms with E-state index in [0.29, 0.717) is 11.5 Å². The second-order valence-corrected chi connectivity index (χ2v) is 6.01. The van der Waals surface area contributed by atoms with Crippen LogP contribution in [0.1, 0.15) is 51.5 Å². The van der Waals surface area contributed by atoms with Crippen LogP contribution in [0, 0.1) is 5.41 Å². The third-order valence-corrected chi connectivity index (χ3v) is 4.70. The summed E-state index contributed by atoms with van der Waals surface area (Å²) in [5.41, 5.74) is 2.10. The van der Waals surface area contributed by atoms with Gasteiger partial charge < -0.3 is 5.32 Å². The highest BCUT2D eigenvalue weighted by Crippen LogP contribution is 2.43. The van der Waals surface area contributed by atoms with E-state index in [1.165, 1.54) is 50.6 Å². The fourth-order valence-electron chi connectivity index (χ4n) is 2.85. The molecular formula is C17H27N. The molecule has 1 saturated carbocycles. The lowest BCUT2D eigenvalue weighted by Crippen LogP contribution is -2.42. The van der Waals surface area contributed by atoms with Crippen LogP contribution in [0.5, 0.6) is 0 Å². The van der Waals surface area contributed by atoms with Crippen LogP contribution in [0.3, 0.4) is 0 Å². The molecule has 0 radical (unpaired) electrons. The first kappa shape index (κ1) is 13.6. The summed E-state index contributed by atoms with van der Waals surface area (Å²) in [5, 5.41) is 3.75. The normalized spacial score (nSPS) is 19.2. The van der Waals surface area contributed by atoms with Crippen molar-refractivity contribution in [1.82, 2.24) is 5.32 Å². The van der Waals surface area contributed by atoms with Gasteiger partial charge in [-0.3, -0.25) is 0 Å². The van der Waals surface area contributed by atoms with Crippen molar-refractivity contribution in [2.45, 2.75) is 58.4 Å². The highest BCUT2D eigenvalue weighted by Gasteiger charge is 2.34. The SMILES string of the molecule is CCC1(CNC(C)CCc2ccccc2)CCC1. The lowest BCUT2D eigenvalue weighted by Gasteiger charge is -2.42. The van der Waals surface area contributed by atoms with E-state index in [2.05, 4.69) is 49.5 Å². The number of nitrogens with one attached hydrogen (secondary N) is 1. The smallest absolute Gasteiger partial charge is 0.00421 e. The maximum absolute atomic E-state index is 3.75. The van der Waals surface area contributed by atoms with Crippen molar-refractivity contribution in [3.05, 3.63) is 35.9 Å². The average Bonchev–Trinajstić information content (AvgIpc) is 2.37. The molecule has 1 aromatic carbocycles.